The molecule has 0 aliphatic heterocycles. The highest BCUT2D eigenvalue weighted by Crippen LogP contribution is 2.15. The number of anilines is 1. The third kappa shape index (κ3) is 4.26. The zero-order valence-corrected chi connectivity index (χ0v) is 10.8. The van der Waals surface area contributed by atoms with Gasteiger partial charge in [0.25, 0.3) is 0 Å². The Bertz CT molecular complexity index is 422. The summed E-state index contributed by atoms with van der Waals surface area (Å²) >= 11 is 0. The molecule has 2 N–H and O–H groups in total. The van der Waals surface area contributed by atoms with Crippen LogP contribution in [0.4, 0.5) is 10.5 Å². The summed E-state index contributed by atoms with van der Waals surface area (Å²) in [6.45, 7) is 1.79. The Morgan fingerprint density at radius 1 is 1.21 bits per heavy atom. The van der Waals surface area contributed by atoms with Crippen LogP contribution in [-0.2, 0) is 4.79 Å². The number of nitrogens with zero attached hydrogens (tertiary/aromatic N) is 2. The van der Waals surface area contributed by atoms with Gasteiger partial charge >= 0.3 is 12.0 Å². The van der Waals surface area contributed by atoms with E-state index < -0.39 is 18.5 Å². The highest BCUT2D eigenvalue weighted by molar-refractivity contribution is 5.96. The first-order valence-corrected chi connectivity index (χ1v) is 6.04. The number of aliphatic hydroxyl groups excluding tert-OH is 1. The molecule has 2 amide bonds. The van der Waals surface area contributed by atoms with Crippen molar-refractivity contribution < 1.29 is 19.8 Å². The molecule has 1 rings (SSSR count). The van der Waals surface area contributed by atoms with Crippen molar-refractivity contribution in [3.05, 3.63) is 30.3 Å². The number of hydrogen-bond donors (Lipinski definition) is 2. The van der Waals surface area contributed by atoms with Gasteiger partial charge in [0.1, 0.15) is 6.54 Å². The number of carboxylic acid groups (broad SMARTS) is 1. The second-order valence-corrected chi connectivity index (χ2v) is 3.90. The summed E-state index contributed by atoms with van der Waals surface area (Å²) in [6.07, 6.45) is 0. The molecule has 104 valence electrons. The Hall–Kier alpha value is -2.08. The number of likely N-dealkylation sites (N-methyl/N-ethyl adjacent to an activating group) is 1. The Morgan fingerprint density at radius 3 is 2.32 bits per heavy atom. The zero-order chi connectivity index (χ0) is 14.3. The minimum Gasteiger partial charge on any atom is -0.480 e. The third-order valence-corrected chi connectivity index (χ3v) is 2.61. The van der Waals surface area contributed by atoms with E-state index in [9.17, 15) is 9.59 Å². The lowest BCUT2D eigenvalue weighted by Gasteiger charge is -2.28. The van der Waals surface area contributed by atoms with E-state index in [1.165, 1.54) is 9.80 Å². The first-order chi connectivity index (χ1) is 9.10. The molecule has 0 spiro atoms. The van der Waals surface area contributed by atoms with Gasteiger partial charge in [-0.15, -0.1) is 0 Å². The van der Waals surface area contributed by atoms with Gasteiger partial charge < -0.3 is 15.1 Å². The molecule has 0 saturated heterocycles. The smallest absolute Gasteiger partial charge is 0.325 e. The van der Waals surface area contributed by atoms with Crippen LogP contribution >= 0.6 is 0 Å². The second-order valence-electron chi connectivity index (χ2n) is 3.90. The summed E-state index contributed by atoms with van der Waals surface area (Å²) in [5.41, 5.74) is 0.520. The lowest BCUT2D eigenvalue weighted by molar-refractivity contribution is -0.135. The maximum atomic E-state index is 12.3. The zero-order valence-electron chi connectivity index (χ0n) is 10.8. The van der Waals surface area contributed by atoms with Gasteiger partial charge in [-0.1, -0.05) is 18.2 Å². The fourth-order valence-electron chi connectivity index (χ4n) is 1.69. The number of benzene rings is 1. The Balaban J connectivity index is 2.96. The number of carbonyl (C=O) groups excluding carboxylic acids is 1. The summed E-state index contributed by atoms with van der Waals surface area (Å²) in [4.78, 5) is 25.8. The van der Waals surface area contributed by atoms with Crippen LogP contribution in [0, 0.1) is 0 Å². The Labute approximate surface area is 111 Å². The Kier molecular flexibility index (Phi) is 5.81. The van der Waals surface area contributed by atoms with E-state index in [-0.39, 0.29) is 13.2 Å². The van der Waals surface area contributed by atoms with E-state index in [0.29, 0.717) is 12.2 Å². The first kappa shape index (κ1) is 15.0. The maximum Gasteiger partial charge on any atom is 0.325 e. The minimum atomic E-state index is -1.09. The van der Waals surface area contributed by atoms with E-state index in [0.717, 1.165) is 0 Å². The van der Waals surface area contributed by atoms with Crippen LogP contribution in [0.2, 0.25) is 0 Å². The SMILES string of the molecule is CCN(CCO)C(=O)N(CC(=O)O)c1ccccc1. The summed E-state index contributed by atoms with van der Waals surface area (Å²) in [6, 6.07) is 8.18. The predicted molar refractivity (Wildman–Crippen MR) is 71.2 cm³/mol. The molecule has 1 aromatic rings. The van der Waals surface area contributed by atoms with Crippen LogP contribution in [0.3, 0.4) is 0 Å². The summed E-state index contributed by atoms with van der Waals surface area (Å²) in [5.74, 6) is -1.09. The van der Waals surface area contributed by atoms with Gasteiger partial charge in [0.2, 0.25) is 0 Å². The van der Waals surface area contributed by atoms with Crippen molar-refractivity contribution in [1.29, 1.82) is 0 Å². The van der Waals surface area contributed by atoms with Crippen molar-refractivity contribution in [2.75, 3.05) is 31.1 Å². The van der Waals surface area contributed by atoms with Gasteiger partial charge in [-0.25, -0.2) is 4.79 Å². The van der Waals surface area contributed by atoms with Gasteiger partial charge in [0.05, 0.1) is 6.61 Å². The molecule has 0 radical (unpaired) electrons. The summed E-state index contributed by atoms with van der Waals surface area (Å²) < 4.78 is 0. The second kappa shape index (κ2) is 7.38. The summed E-state index contributed by atoms with van der Waals surface area (Å²) in [5, 5.41) is 17.8. The number of amides is 2. The molecule has 0 aromatic heterocycles. The normalized spacial score (nSPS) is 10.0. The molecule has 0 aliphatic rings. The standard InChI is InChI=1S/C13H18N2O4/c1-2-14(8-9-16)13(19)15(10-12(17)18)11-6-4-3-5-7-11/h3-7,16H,2,8-10H2,1H3,(H,17,18). The van der Waals surface area contributed by atoms with Gasteiger partial charge in [0, 0.05) is 18.8 Å². The van der Waals surface area contributed by atoms with Crippen molar-refractivity contribution >= 4 is 17.7 Å². The van der Waals surface area contributed by atoms with Crippen LogP contribution in [-0.4, -0.2) is 53.4 Å². The number of urea groups is 1. The van der Waals surface area contributed by atoms with Crippen LogP contribution in [0.15, 0.2) is 30.3 Å². The fraction of sp³-hybridized carbons (Fsp3) is 0.385. The number of rotatable bonds is 6. The van der Waals surface area contributed by atoms with E-state index in [4.69, 9.17) is 10.2 Å². The van der Waals surface area contributed by atoms with Crippen molar-refractivity contribution in [2.24, 2.45) is 0 Å². The monoisotopic (exact) mass is 266 g/mol. The average molecular weight is 266 g/mol. The minimum absolute atomic E-state index is 0.157. The van der Waals surface area contributed by atoms with Crippen molar-refractivity contribution in [3.63, 3.8) is 0 Å². The molecule has 0 unspecified atom stereocenters. The van der Waals surface area contributed by atoms with Gasteiger partial charge in [-0.05, 0) is 19.1 Å². The molecule has 0 atom stereocenters. The molecular formula is C13H18N2O4. The predicted octanol–water partition coefficient (Wildman–Crippen LogP) is 1.01. The third-order valence-electron chi connectivity index (χ3n) is 2.61. The van der Waals surface area contributed by atoms with Crippen LogP contribution in [0.1, 0.15) is 6.92 Å². The van der Waals surface area contributed by atoms with Gasteiger partial charge in [-0.2, -0.15) is 0 Å². The molecule has 0 fully saturated rings. The average Bonchev–Trinajstić information content (AvgIpc) is 2.42. The van der Waals surface area contributed by atoms with Gasteiger partial charge in [-0.3, -0.25) is 9.69 Å². The molecule has 0 bridgehead atoms. The number of aliphatic hydroxyl groups is 1. The van der Waals surface area contributed by atoms with Crippen LogP contribution in [0.25, 0.3) is 0 Å². The van der Waals surface area contributed by atoms with E-state index >= 15 is 0 Å². The molecule has 0 saturated carbocycles. The number of carboxylic acids is 1. The molecule has 0 heterocycles. The number of hydrogen-bond acceptors (Lipinski definition) is 3. The van der Waals surface area contributed by atoms with Crippen molar-refractivity contribution in [2.45, 2.75) is 6.92 Å². The largest absolute Gasteiger partial charge is 0.480 e. The van der Waals surface area contributed by atoms with Crippen molar-refractivity contribution in [1.82, 2.24) is 4.90 Å². The fourth-order valence-corrected chi connectivity index (χ4v) is 1.69. The van der Waals surface area contributed by atoms with Crippen LogP contribution < -0.4 is 4.90 Å². The molecule has 19 heavy (non-hydrogen) atoms. The quantitative estimate of drug-likeness (QED) is 0.805. The molecule has 1 aromatic carbocycles. The first-order valence-electron chi connectivity index (χ1n) is 6.04. The molecule has 0 aliphatic carbocycles. The maximum absolute atomic E-state index is 12.3. The van der Waals surface area contributed by atoms with E-state index in [2.05, 4.69) is 0 Å². The lowest BCUT2D eigenvalue weighted by Crippen LogP contribution is -2.46. The topological polar surface area (TPSA) is 81.1 Å². The molecule has 6 heteroatoms. The Morgan fingerprint density at radius 2 is 1.84 bits per heavy atom. The molecular weight excluding hydrogens is 248 g/mol. The van der Waals surface area contributed by atoms with Crippen LogP contribution in [0.5, 0.6) is 0 Å². The summed E-state index contributed by atoms with van der Waals surface area (Å²) in [7, 11) is 0. The number of para-hydroxylation sites is 1. The number of carbonyl (C=O) groups is 2. The number of aliphatic carboxylic acids is 1. The highest BCUT2D eigenvalue weighted by atomic mass is 16.4. The van der Waals surface area contributed by atoms with E-state index in [1.54, 1.807) is 37.3 Å². The van der Waals surface area contributed by atoms with Gasteiger partial charge in [0.15, 0.2) is 0 Å². The lowest BCUT2D eigenvalue weighted by atomic mass is 10.3. The van der Waals surface area contributed by atoms with Crippen molar-refractivity contribution in [3.8, 4) is 0 Å². The highest BCUT2D eigenvalue weighted by Gasteiger charge is 2.22. The van der Waals surface area contributed by atoms with E-state index in [1.807, 2.05) is 0 Å². The molecule has 6 nitrogen and oxygen atoms in total.